The third kappa shape index (κ3) is 6.79. The molecule has 0 aliphatic carbocycles. The molecule has 7 nitrogen and oxygen atoms in total. The molecule has 1 N–H and O–H groups in total. The van der Waals surface area contributed by atoms with Gasteiger partial charge in [-0.3, -0.25) is 9.55 Å². The Morgan fingerprint density at radius 1 is 1.17 bits per heavy atom. The molecular weight excluding hydrogens is 403 g/mol. The van der Waals surface area contributed by atoms with Gasteiger partial charge >= 0.3 is 6.18 Å². The molecular formula is C18H28F3N5O2Si. The predicted octanol–water partition coefficient (Wildman–Crippen LogP) is 4.04. The van der Waals surface area contributed by atoms with Crippen LogP contribution in [0.2, 0.25) is 25.7 Å². The van der Waals surface area contributed by atoms with Crippen molar-refractivity contribution in [2.24, 2.45) is 0 Å². The summed E-state index contributed by atoms with van der Waals surface area (Å²) < 4.78 is 51.7. The molecule has 0 unspecified atom stereocenters. The van der Waals surface area contributed by atoms with Crippen molar-refractivity contribution in [1.82, 2.24) is 19.7 Å². The van der Waals surface area contributed by atoms with Crippen molar-refractivity contribution < 1.29 is 22.6 Å². The molecule has 0 saturated heterocycles. The first kappa shape index (κ1) is 23.3. The van der Waals surface area contributed by atoms with Crippen LogP contribution >= 0.6 is 0 Å². The lowest BCUT2D eigenvalue weighted by molar-refractivity contribution is -0.149. The standard InChI is InChI=1S/C18H28F3N5O2Si/c1-13-15(22-6-7-27-2)10-14(11-23-13)16-24-25-17(18(19,20)21)26(16)12-28-8-9-29(3,4)5/h10-11,22H,6-9,12H2,1-5H3. The topological polar surface area (TPSA) is 74.1 Å². The number of anilines is 1. The number of halogens is 3. The van der Waals surface area contributed by atoms with Crippen LogP contribution < -0.4 is 5.32 Å². The number of nitrogens with one attached hydrogen (secondary N) is 1. The second-order valence-corrected chi connectivity index (χ2v) is 13.5. The number of hydrogen-bond acceptors (Lipinski definition) is 6. The number of ether oxygens (including phenoxy) is 2. The fourth-order valence-corrected chi connectivity index (χ4v) is 3.26. The number of methoxy groups -OCH3 is 1. The number of pyridine rings is 1. The van der Waals surface area contributed by atoms with E-state index in [0.29, 0.717) is 31.0 Å². The Hall–Kier alpha value is -1.98. The molecule has 0 spiro atoms. The number of aromatic nitrogens is 4. The molecule has 0 atom stereocenters. The molecule has 2 aromatic heterocycles. The van der Waals surface area contributed by atoms with Gasteiger partial charge in [0.15, 0.2) is 5.82 Å². The highest BCUT2D eigenvalue weighted by Gasteiger charge is 2.38. The first-order valence-corrected chi connectivity index (χ1v) is 13.0. The van der Waals surface area contributed by atoms with Gasteiger partial charge in [0.25, 0.3) is 0 Å². The van der Waals surface area contributed by atoms with E-state index in [1.54, 1.807) is 13.2 Å². The van der Waals surface area contributed by atoms with Gasteiger partial charge in [0.1, 0.15) is 6.73 Å². The second kappa shape index (κ2) is 9.68. The van der Waals surface area contributed by atoms with E-state index in [1.807, 2.05) is 6.92 Å². The maximum atomic E-state index is 13.4. The molecule has 0 amide bonds. The van der Waals surface area contributed by atoms with E-state index in [1.165, 1.54) is 6.20 Å². The van der Waals surface area contributed by atoms with Crippen molar-refractivity contribution in [1.29, 1.82) is 0 Å². The fraction of sp³-hybridized carbons (Fsp3) is 0.611. The summed E-state index contributed by atoms with van der Waals surface area (Å²) in [5, 5.41) is 10.3. The Morgan fingerprint density at radius 3 is 2.52 bits per heavy atom. The van der Waals surface area contributed by atoms with Gasteiger partial charge in [-0.1, -0.05) is 19.6 Å². The molecule has 0 aromatic carbocycles. The van der Waals surface area contributed by atoms with Gasteiger partial charge in [-0.05, 0) is 19.0 Å². The lowest BCUT2D eigenvalue weighted by Crippen LogP contribution is -2.23. The Kier molecular flexibility index (Phi) is 7.78. The van der Waals surface area contributed by atoms with Crippen LogP contribution in [0.3, 0.4) is 0 Å². The number of rotatable bonds is 10. The van der Waals surface area contributed by atoms with Crippen LogP contribution in [0.5, 0.6) is 0 Å². The first-order chi connectivity index (χ1) is 13.5. The Labute approximate surface area is 169 Å². The van der Waals surface area contributed by atoms with Crippen molar-refractivity contribution in [3.05, 3.63) is 23.8 Å². The zero-order chi connectivity index (χ0) is 21.7. The largest absolute Gasteiger partial charge is 0.451 e. The third-order valence-corrected chi connectivity index (χ3v) is 5.89. The molecule has 0 bridgehead atoms. The van der Waals surface area contributed by atoms with E-state index in [0.717, 1.165) is 16.3 Å². The number of hydrogen-bond donors (Lipinski definition) is 1. The molecule has 0 aliphatic rings. The smallest absolute Gasteiger partial charge is 0.383 e. The Bertz CT molecular complexity index is 806. The molecule has 162 valence electrons. The van der Waals surface area contributed by atoms with E-state index in [4.69, 9.17) is 9.47 Å². The van der Waals surface area contributed by atoms with Gasteiger partial charge in [0.2, 0.25) is 5.82 Å². The average Bonchev–Trinajstić information content (AvgIpc) is 3.04. The van der Waals surface area contributed by atoms with Gasteiger partial charge in [0.05, 0.1) is 18.0 Å². The molecule has 2 heterocycles. The van der Waals surface area contributed by atoms with Crippen molar-refractivity contribution >= 4 is 13.8 Å². The van der Waals surface area contributed by atoms with Gasteiger partial charge in [-0.25, -0.2) is 0 Å². The zero-order valence-corrected chi connectivity index (χ0v) is 18.4. The SMILES string of the molecule is COCCNc1cc(-c2nnc(C(F)(F)F)n2COCC[Si](C)(C)C)cnc1C. The average molecular weight is 432 g/mol. The van der Waals surface area contributed by atoms with Crippen molar-refractivity contribution in [3.63, 3.8) is 0 Å². The second-order valence-electron chi connectivity index (χ2n) is 7.90. The van der Waals surface area contributed by atoms with Crippen molar-refractivity contribution in [2.75, 3.05) is 32.2 Å². The van der Waals surface area contributed by atoms with Gasteiger partial charge in [-0.2, -0.15) is 13.2 Å². The molecule has 0 aliphatic heterocycles. The normalized spacial score (nSPS) is 12.4. The summed E-state index contributed by atoms with van der Waals surface area (Å²) in [7, 11) is 0.237. The van der Waals surface area contributed by atoms with Crippen LogP contribution in [-0.4, -0.2) is 54.7 Å². The summed E-state index contributed by atoms with van der Waals surface area (Å²) >= 11 is 0. The molecule has 29 heavy (non-hydrogen) atoms. The van der Waals surface area contributed by atoms with Crippen LogP contribution in [-0.2, 0) is 22.4 Å². The van der Waals surface area contributed by atoms with E-state index in [9.17, 15) is 13.2 Å². The Morgan fingerprint density at radius 2 is 1.90 bits per heavy atom. The summed E-state index contributed by atoms with van der Waals surface area (Å²) in [4.78, 5) is 4.27. The lowest BCUT2D eigenvalue weighted by Gasteiger charge is -2.17. The quantitative estimate of drug-likeness (QED) is 0.452. The van der Waals surface area contributed by atoms with Crippen LogP contribution in [0.4, 0.5) is 18.9 Å². The molecule has 11 heteroatoms. The molecule has 0 fully saturated rings. The number of alkyl halides is 3. The summed E-state index contributed by atoms with van der Waals surface area (Å²) in [5.41, 5.74) is 1.84. The van der Waals surface area contributed by atoms with Gasteiger partial charge < -0.3 is 14.8 Å². The monoisotopic (exact) mass is 431 g/mol. The maximum absolute atomic E-state index is 13.4. The van der Waals surface area contributed by atoms with Crippen LogP contribution in [0.25, 0.3) is 11.4 Å². The number of aryl methyl sites for hydroxylation is 1. The lowest BCUT2D eigenvalue weighted by atomic mass is 10.2. The minimum atomic E-state index is -4.63. The summed E-state index contributed by atoms with van der Waals surface area (Å²) in [5.74, 6) is -1.03. The fourth-order valence-electron chi connectivity index (χ4n) is 2.50. The van der Waals surface area contributed by atoms with Crippen LogP contribution in [0.1, 0.15) is 11.5 Å². The highest BCUT2D eigenvalue weighted by molar-refractivity contribution is 6.76. The highest BCUT2D eigenvalue weighted by atomic mass is 28.3. The minimum absolute atomic E-state index is 0.0626. The highest BCUT2D eigenvalue weighted by Crippen LogP contribution is 2.31. The predicted molar refractivity (Wildman–Crippen MR) is 107 cm³/mol. The summed E-state index contributed by atoms with van der Waals surface area (Å²) in [6.45, 7) is 9.49. The van der Waals surface area contributed by atoms with E-state index in [-0.39, 0.29) is 12.6 Å². The number of nitrogens with zero attached hydrogens (tertiary/aromatic N) is 4. The van der Waals surface area contributed by atoms with Crippen molar-refractivity contribution in [2.45, 2.75) is 45.5 Å². The van der Waals surface area contributed by atoms with E-state index >= 15 is 0 Å². The molecule has 0 saturated carbocycles. The van der Waals surface area contributed by atoms with E-state index in [2.05, 4.69) is 40.1 Å². The summed E-state index contributed by atoms with van der Waals surface area (Å²) in [6.07, 6.45) is -3.15. The van der Waals surface area contributed by atoms with Gasteiger partial charge in [-0.15, -0.1) is 10.2 Å². The molecule has 2 aromatic rings. The third-order valence-electron chi connectivity index (χ3n) is 4.19. The van der Waals surface area contributed by atoms with Crippen LogP contribution in [0.15, 0.2) is 12.3 Å². The summed E-state index contributed by atoms with van der Waals surface area (Å²) in [6, 6.07) is 2.56. The molecule has 0 radical (unpaired) electrons. The first-order valence-electron chi connectivity index (χ1n) is 9.31. The maximum Gasteiger partial charge on any atom is 0.451 e. The zero-order valence-electron chi connectivity index (χ0n) is 17.4. The van der Waals surface area contributed by atoms with Crippen molar-refractivity contribution in [3.8, 4) is 11.4 Å². The Balaban J connectivity index is 2.30. The van der Waals surface area contributed by atoms with E-state index < -0.39 is 20.1 Å². The minimum Gasteiger partial charge on any atom is -0.383 e. The van der Waals surface area contributed by atoms with Gasteiger partial charge in [0, 0.05) is 40.1 Å². The van der Waals surface area contributed by atoms with Crippen LogP contribution in [0, 0.1) is 6.92 Å². The molecule has 2 rings (SSSR count).